The van der Waals surface area contributed by atoms with E-state index in [-0.39, 0.29) is 11.4 Å². The molecule has 2 aliphatic rings. The van der Waals surface area contributed by atoms with Crippen LogP contribution < -0.4 is 4.74 Å². The zero-order valence-electron chi connectivity index (χ0n) is 13.8. The molecule has 2 aliphatic heterocycles. The minimum absolute atomic E-state index is 0.143. The standard InChI is InChI=1S/C18H26FNO3/c1-17(21)8-12-23-18(14-17)6-9-20(10-7-18)11-13-22-16-4-2-15(19)3-5-16/h2-5,21H,6-14H2,1H3. The molecule has 1 spiro atoms. The smallest absolute Gasteiger partial charge is 0.123 e. The Labute approximate surface area is 137 Å². The highest BCUT2D eigenvalue weighted by Crippen LogP contribution is 2.39. The topological polar surface area (TPSA) is 41.9 Å². The molecule has 4 nitrogen and oxygen atoms in total. The van der Waals surface area contributed by atoms with E-state index >= 15 is 0 Å². The van der Waals surface area contributed by atoms with E-state index in [1.807, 2.05) is 6.92 Å². The molecule has 2 heterocycles. The maximum absolute atomic E-state index is 12.8. The summed E-state index contributed by atoms with van der Waals surface area (Å²) in [7, 11) is 0. The lowest BCUT2D eigenvalue weighted by Gasteiger charge is -2.48. The summed E-state index contributed by atoms with van der Waals surface area (Å²) < 4.78 is 24.5. The molecule has 2 saturated heterocycles. The number of rotatable bonds is 4. The van der Waals surface area contributed by atoms with Crippen LogP contribution >= 0.6 is 0 Å². The van der Waals surface area contributed by atoms with E-state index in [1.54, 1.807) is 12.1 Å². The average Bonchev–Trinajstić information content (AvgIpc) is 2.50. The number of piperidine rings is 1. The van der Waals surface area contributed by atoms with Gasteiger partial charge in [-0.15, -0.1) is 0 Å². The zero-order valence-corrected chi connectivity index (χ0v) is 13.8. The van der Waals surface area contributed by atoms with Crippen molar-refractivity contribution >= 4 is 0 Å². The van der Waals surface area contributed by atoms with Crippen LogP contribution in [0.25, 0.3) is 0 Å². The van der Waals surface area contributed by atoms with Gasteiger partial charge < -0.3 is 14.6 Å². The van der Waals surface area contributed by atoms with Gasteiger partial charge in [-0.1, -0.05) is 0 Å². The van der Waals surface area contributed by atoms with Crippen molar-refractivity contribution < 1.29 is 19.0 Å². The van der Waals surface area contributed by atoms with Crippen molar-refractivity contribution in [3.05, 3.63) is 30.1 Å². The maximum Gasteiger partial charge on any atom is 0.123 e. The van der Waals surface area contributed by atoms with E-state index in [2.05, 4.69) is 4.90 Å². The first-order valence-corrected chi connectivity index (χ1v) is 8.44. The Morgan fingerprint density at radius 2 is 1.91 bits per heavy atom. The Hall–Kier alpha value is -1.17. The molecule has 23 heavy (non-hydrogen) atoms. The molecular formula is C18H26FNO3. The number of ether oxygens (including phenoxy) is 2. The van der Waals surface area contributed by atoms with Gasteiger partial charge in [0.1, 0.15) is 18.2 Å². The normalized spacial score (nSPS) is 28.0. The van der Waals surface area contributed by atoms with Gasteiger partial charge in [0.05, 0.1) is 17.8 Å². The van der Waals surface area contributed by atoms with Gasteiger partial charge >= 0.3 is 0 Å². The van der Waals surface area contributed by atoms with Crippen molar-refractivity contribution in [2.24, 2.45) is 0 Å². The molecule has 2 fully saturated rings. The Balaban J connectivity index is 1.42. The predicted octanol–water partition coefficient (Wildman–Crippen LogP) is 2.60. The molecule has 1 aromatic rings. The number of hydrogen-bond acceptors (Lipinski definition) is 4. The lowest BCUT2D eigenvalue weighted by Crippen LogP contribution is -2.53. The summed E-state index contributed by atoms with van der Waals surface area (Å²) in [6.45, 7) is 5.94. The van der Waals surface area contributed by atoms with E-state index in [1.165, 1.54) is 12.1 Å². The molecule has 1 aromatic carbocycles. The third-order valence-electron chi connectivity index (χ3n) is 5.01. The molecule has 1 N–H and O–H groups in total. The molecule has 1 unspecified atom stereocenters. The van der Waals surface area contributed by atoms with Crippen molar-refractivity contribution in [3.63, 3.8) is 0 Å². The Kier molecular flexibility index (Phi) is 4.90. The van der Waals surface area contributed by atoms with Crippen molar-refractivity contribution in [2.45, 2.75) is 43.8 Å². The summed E-state index contributed by atoms with van der Waals surface area (Å²) in [5, 5.41) is 10.3. The monoisotopic (exact) mass is 323 g/mol. The fourth-order valence-corrected chi connectivity index (χ4v) is 3.65. The third kappa shape index (κ3) is 4.43. The number of hydrogen-bond donors (Lipinski definition) is 1. The molecule has 0 radical (unpaired) electrons. The summed E-state index contributed by atoms with van der Waals surface area (Å²) in [6.07, 6.45) is 3.38. The second-order valence-corrected chi connectivity index (χ2v) is 7.10. The Morgan fingerprint density at radius 3 is 2.57 bits per heavy atom. The van der Waals surface area contributed by atoms with Crippen molar-refractivity contribution in [3.8, 4) is 5.75 Å². The largest absolute Gasteiger partial charge is 0.492 e. The molecule has 0 aliphatic carbocycles. The predicted molar refractivity (Wildman–Crippen MR) is 86.1 cm³/mol. The minimum Gasteiger partial charge on any atom is -0.492 e. The summed E-state index contributed by atoms with van der Waals surface area (Å²) in [5.41, 5.74) is -0.734. The van der Waals surface area contributed by atoms with Crippen LogP contribution in [0.2, 0.25) is 0 Å². The van der Waals surface area contributed by atoms with Crippen molar-refractivity contribution in [1.29, 1.82) is 0 Å². The third-order valence-corrected chi connectivity index (χ3v) is 5.01. The van der Waals surface area contributed by atoms with Crippen LogP contribution in [0.1, 0.15) is 32.6 Å². The number of halogens is 1. The first-order valence-electron chi connectivity index (χ1n) is 8.44. The number of nitrogens with zero attached hydrogens (tertiary/aromatic N) is 1. The SMILES string of the molecule is CC1(O)CCOC2(CCN(CCOc3ccc(F)cc3)CC2)C1. The van der Waals surface area contributed by atoms with Gasteiger partial charge in [-0.2, -0.15) is 0 Å². The van der Waals surface area contributed by atoms with Crippen molar-refractivity contribution in [2.75, 3.05) is 32.8 Å². The highest BCUT2D eigenvalue weighted by molar-refractivity contribution is 5.21. The first-order chi connectivity index (χ1) is 11.0. The van der Waals surface area contributed by atoms with Gasteiger partial charge in [0.2, 0.25) is 0 Å². The molecule has 1 atom stereocenters. The van der Waals surface area contributed by atoms with Gasteiger partial charge in [0, 0.05) is 26.1 Å². The van der Waals surface area contributed by atoms with Gasteiger partial charge in [-0.05, 0) is 50.5 Å². The van der Waals surface area contributed by atoms with Crippen LogP contribution in [-0.2, 0) is 4.74 Å². The molecular weight excluding hydrogens is 297 g/mol. The van der Waals surface area contributed by atoms with Crippen LogP contribution in [0.5, 0.6) is 5.75 Å². The molecule has 5 heteroatoms. The van der Waals surface area contributed by atoms with Crippen molar-refractivity contribution in [1.82, 2.24) is 4.90 Å². The van der Waals surface area contributed by atoms with E-state index in [0.717, 1.165) is 45.3 Å². The molecule has 128 valence electrons. The lowest BCUT2D eigenvalue weighted by molar-refractivity contribution is -0.172. The summed E-state index contributed by atoms with van der Waals surface area (Å²) in [5.74, 6) is 0.452. The second kappa shape index (κ2) is 6.75. The van der Waals surface area contributed by atoms with Gasteiger partial charge in [-0.3, -0.25) is 4.90 Å². The lowest BCUT2D eigenvalue weighted by atomic mass is 9.78. The molecule has 3 rings (SSSR count). The van der Waals surface area contributed by atoms with Crippen LogP contribution in [0.3, 0.4) is 0 Å². The number of likely N-dealkylation sites (tertiary alicyclic amines) is 1. The van der Waals surface area contributed by atoms with Crippen LogP contribution in [0, 0.1) is 5.82 Å². The average molecular weight is 323 g/mol. The molecule has 0 bridgehead atoms. The highest BCUT2D eigenvalue weighted by atomic mass is 19.1. The van der Waals surface area contributed by atoms with E-state index in [0.29, 0.717) is 19.0 Å². The summed E-state index contributed by atoms with van der Waals surface area (Å²) >= 11 is 0. The molecule has 0 amide bonds. The van der Waals surface area contributed by atoms with Gasteiger partial charge in [0.15, 0.2) is 0 Å². The zero-order chi connectivity index (χ0) is 16.3. The second-order valence-electron chi connectivity index (χ2n) is 7.10. The fraction of sp³-hybridized carbons (Fsp3) is 0.667. The van der Waals surface area contributed by atoms with Crippen LogP contribution in [-0.4, -0.2) is 54.1 Å². The molecule has 0 aromatic heterocycles. The Bertz CT molecular complexity index is 510. The van der Waals surface area contributed by atoms with E-state index in [9.17, 15) is 9.50 Å². The number of benzene rings is 1. The minimum atomic E-state index is -0.591. The van der Waals surface area contributed by atoms with Gasteiger partial charge in [-0.25, -0.2) is 4.39 Å². The van der Waals surface area contributed by atoms with Crippen LogP contribution in [0.4, 0.5) is 4.39 Å². The summed E-state index contributed by atoms with van der Waals surface area (Å²) in [6, 6.07) is 6.12. The molecule has 0 saturated carbocycles. The van der Waals surface area contributed by atoms with Crippen LogP contribution in [0.15, 0.2) is 24.3 Å². The number of aliphatic hydroxyl groups is 1. The maximum atomic E-state index is 12.8. The fourth-order valence-electron chi connectivity index (χ4n) is 3.65. The highest BCUT2D eigenvalue weighted by Gasteiger charge is 2.44. The Morgan fingerprint density at radius 1 is 1.22 bits per heavy atom. The van der Waals surface area contributed by atoms with E-state index in [4.69, 9.17) is 9.47 Å². The first kappa shape index (κ1) is 16.7. The van der Waals surface area contributed by atoms with Gasteiger partial charge in [0.25, 0.3) is 0 Å². The quantitative estimate of drug-likeness (QED) is 0.925. The van der Waals surface area contributed by atoms with E-state index < -0.39 is 5.60 Å². The summed E-state index contributed by atoms with van der Waals surface area (Å²) in [4.78, 5) is 2.36.